The minimum absolute atomic E-state index is 0.154. The lowest BCUT2D eigenvalue weighted by Crippen LogP contribution is -2.25. The number of pyridine rings is 1. The summed E-state index contributed by atoms with van der Waals surface area (Å²) < 4.78 is 46.9. The van der Waals surface area contributed by atoms with Gasteiger partial charge in [-0.05, 0) is 73.5 Å². The Balaban J connectivity index is 1.61. The number of carbonyl (C=O) groups is 1. The van der Waals surface area contributed by atoms with E-state index in [1.54, 1.807) is 12.1 Å². The summed E-state index contributed by atoms with van der Waals surface area (Å²) in [7, 11) is 0. The standard InChI is InChI=1S/C27H24F3N3O2/c28-27(29,30)22-8-7-17(16-25(22)35-12-11-33-9-3-4-10-33)20-14-19(26(31)34)15-24-21(20)13-18-5-1-2-6-23(18)32-24/h1-2,5-8,13-16H,3-4,9-12H2,(H2,31,34). The fraction of sp³-hybridized carbons (Fsp3) is 0.259. The molecule has 0 radical (unpaired) electrons. The van der Waals surface area contributed by atoms with Crippen LogP contribution in [0.15, 0.2) is 60.7 Å². The van der Waals surface area contributed by atoms with Crippen molar-refractivity contribution in [3.8, 4) is 16.9 Å². The van der Waals surface area contributed by atoms with E-state index in [-0.39, 0.29) is 17.9 Å². The Hall–Kier alpha value is -3.65. The van der Waals surface area contributed by atoms with Crippen molar-refractivity contribution in [3.05, 3.63) is 71.8 Å². The Morgan fingerprint density at radius 3 is 2.51 bits per heavy atom. The van der Waals surface area contributed by atoms with Crippen LogP contribution in [0.1, 0.15) is 28.8 Å². The number of hydrogen-bond donors (Lipinski definition) is 1. The number of nitrogens with two attached hydrogens (primary N) is 1. The molecule has 0 bridgehead atoms. The van der Waals surface area contributed by atoms with Crippen LogP contribution >= 0.6 is 0 Å². The van der Waals surface area contributed by atoms with Crippen molar-refractivity contribution >= 4 is 27.7 Å². The van der Waals surface area contributed by atoms with Gasteiger partial charge in [0, 0.05) is 22.9 Å². The first-order valence-corrected chi connectivity index (χ1v) is 11.5. The molecule has 1 saturated heterocycles. The highest BCUT2D eigenvalue weighted by Crippen LogP contribution is 2.40. The number of likely N-dealkylation sites (tertiary alicyclic amines) is 1. The first kappa shape index (κ1) is 23.1. The Kier molecular flexibility index (Phi) is 6.06. The van der Waals surface area contributed by atoms with Crippen LogP contribution in [-0.4, -0.2) is 42.0 Å². The molecule has 180 valence electrons. The molecule has 0 spiro atoms. The zero-order valence-corrected chi connectivity index (χ0v) is 18.9. The number of hydrogen-bond acceptors (Lipinski definition) is 4. The van der Waals surface area contributed by atoms with E-state index >= 15 is 0 Å². The first-order valence-electron chi connectivity index (χ1n) is 11.5. The second-order valence-electron chi connectivity index (χ2n) is 8.74. The molecule has 0 atom stereocenters. The number of primary amides is 1. The van der Waals surface area contributed by atoms with Crippen LogP contribution in [0, 0.1) is 0 Å². The number of aromatic nitrogens is 1. The average Bonchev–Trinajstić information content (AvgIpc) is 3.35. The number of carbonyl (C=O) groups excluding carboxylic acids is 1. The quantitative estimate of drug-likeness (QED) is 0.363. The zero-order valence-electron chi connectivity index (χ0n) is 18.9. The lowest BCUT2D eigenvalue weighted by molar-refractivity contribution is -0.139. The number of para-hydroxylation sites is 1. The molecule has 1 fully saturated rings. The number of amides is 1. The number of alkyl halides is 3. The number of halogens is 3. The molecule has 0 unspecified atom stereocenters. The van der Waals surface area contributed by atoms with Crippen LogP contribution in [0.2, 0.25) is 0 Å². The predicted molar refractivity (Wildman–Crippen MR) is 129 cm³/mol. The molecule has 4 aromatic rings. The number of ether oxygens (including phenoxy) is 1. The molecule has 3 aromatic carbocycles. The summed E-state index contributed by atoms with van der Waals surface area (Å²) in [6.07, 6.45) is -2.37. The molecule has 5 nitrogen and oxygen atoms in total. The van der Waals surface area contributed by atoms with E-state index in [1.165, 1.54) is 12.1 Å². The number of nitrogens with zero attached hydrogens (tertiary/aromatic N) is 2. The SMILES string of the molecule is NC(=O)c1cc(-c2ccc(C(F)(F)F)c(OCCN3CCCC3)c2)c2cc3ccccc3nc2c1. The molecule has 5 rings (SSSR count). The smallest absolute Gasteiger partial charge is 0.419 e. The van der Waals surface area contributed by atoms with Gasteiger partial charge in [-0.15, -0.1) is 0 Å². The lowest BCUT2D eigenvalue weighted by Gasteiger charge is -2.19. The number of fused-ring (bicyclic) bond motifs is 2. The van der Waals surface area contributed by atoms with Crippen molar-refractivity contribution in [2.75, 3.05) is 26.2 Å². The molecular weight excluding hydrogens is 455 g/mol. The molecule has 35 heavy (non-hydrogen) atoms. The van der Waals surface area contributed by atoms with Gasteiger partial charge in [0.05, 0.1) is 16.6 Å². The summed E-state index contributed by atoms with van der Waals surface area (Å²) in [5.74, 6) is -0.877. The van der Waals surface area contributed by atoms with E-state index < -0.39 is 17.6 Å². The van der Waals surface area contributed by atoms with Crippen LogP contribution in [0.4, 0.5) is 13.2 Å². The van der Waals surface area contributed by atoms with Crippen molar-refractivity contribution in [1.82, 2.24) is 9.88 Å². The van der Waals surface area contributed by atoms with Gasteiger partial charge in [-0.1, -0.05) is 24.3 Å². The molecule has 1 amide bonds. The van der Waals surface area contributed by atoms with Gasteiger partial charge in [0.2, 0.25) is 5.91 Å². The van der Waals surface area contributed by atoms with Crippen LogP contribution in [0.5, 0.6) is 5.75 Å². The first-order chi connectivity index (χ1) is 16.8. The molecular formula is C27H24F3N3O2. The molecule has 1 aliphatic rings. The van der Waals surface area contributed by atoms with E-state index in [0.717, 1.165) is 42.9 Å². The topological polar surface area (TPSA) is 68.5 Å². The van der Waals surface area contributed by atoms with Crippen LogP contribution < -0.4 is 10.5 Å². The Morgan fingerprint density at radius 2 is 1.77 bits per heavy atom. The molecule has 1 aliphatic heterocycles. The third kappa shape index (κ3) is 4.79. The van der Waals surface area contributed by atoms with E-state index in [9.17, 15) is 18.0 Å². The summed E-state index contributed by atoms with van der Waals surface area (Å²) >= 11 is 0. The Morgan fingerprint density at radius 1 is 1.00 bits per heavy atom. The van der Waals surface area contributed by atoms with Crippen molar-refractivity contribution in [2.24, 2.45) is 5.73 Å². The minimum Gasteiger partial charge on any atom is -0.492 e. The second-order valence-corrected chi connectivity index (χ2v) is 8.74. The maximum Gasteiger partial charge on any atom is 0.419 e. The Bertz CT molecular complexity index is 1410. The highest BCUT2D eigenvalue weighted by molar-refractivity contribution is 6.06. The van der Waals surface area contributed by atoms with E-state index in [2.05, 4.69) is 9.88 Å². The zero-order chi connectivity index (χ0) is 24.6. The van der Waals surface area contributed by atoms with Gasteiger partial charge < -0.3 is 10.5 Å². The predicted octanol–water partition coefficient (Wildman–Crippen LogP) is 5.65. The number of benzene rings is 3. The normalized spacial score (nSPS) is 14.6. The lowest BCUT2D eigenvalue weighted by atomic mass is 9.95. The monoisotopic (exact) mass is 479 g/mol. The van der Waals surface area contributed by atoms with Gasteiger partial charge in [-0.25, -0.2) is 4.98 Å². The molecule has 1 aromatic heterocycles. The van der Waals surface area contributed by atoms with Crippen molar-refractivity contribution in [1.29, 1.82) is 0 Å². The fourth-order valence-corrected chi connectivity index (χ4v) is 4.59. The largest absolute Gasteiger partial charge is 0.492 e. The van der Waals surface area contributed by atoms with E-state index in [0.29, 0.717) is 28.6 Å². The van der Waals surface area contributed by atoms with Gasteiger partial charge in [0.25, 0.3) is 0 Å². The summed E-state index contributed by atoms with van der Waals surface area (Å²) in [5, 5.41) is 1.58. The van der Waals surface area contributed by atoms with Gasteiger partial charge in [0.1, 0.15) is 12.4 Å². The maximum atomic E-state index is 13.7. The van der Waals surface area contributed by atoms with Gasteiger partial charge in [0.15, 0.2) is 0 Å². The van der Waals surface area contributed by atoms with E-state index in [1.807, 2.05) is 30.3 Å². The highest BCUT2D eigenvalue weighted by Gasteiger charge is 2.34. The van der Waals surface area contributed by atoms with E-state index in [4.69, 9.17) is 10.5 Å². The van der Waals surface area contributed by atoms with Crippen molar-refractivity contribution < 1.29 is 22.7 Å². The summed E-state index contributed by atoms with van der Waals surface area (Å²) in [5.41, 5.74) is 7.28. The Labute approximate surface area is 200 Å². The van der Waals surface area contributed by atoms with Crippen LogP contribution in [-0.2, 0) is 6.18 Å². The molecule has 0 aliphatic carbocycles. The highest BCUT2D eigenvalue weighted by atomic mass is 19.4. The second kappa shape index (κ2) is 9.19. The molecule has 2 N–H and O–H groups in total. The summed E-state index contributed by atoms with van der Waals surface area (Å²) in [4.78, 5) is 18.9. The summed E-state index contributed by atoms with van der Waals surface area (Å²) in [6.45, 7) is 2.59. The number of rotatable bonds is 6. The maximum absolute atomic E-state index is 13.7. The van der Waals surface area contributed by atoms with Crippen molar-refractivity contribution in [2.45, 2.75) is 19.0 Å². The minimum atomic E-state index is -4.56. The fourth-order valence-electron chi connectivity index (χ4n) is 4.59. The average molecular weight is 480 g/mol. The molecule has 2 heterocycles. The van der Waals surface area contributed by atoms with Crippen LogP contribution in [0.25, 0.3) is 32.9 Å². The van der Waals surface area contributed by atoms with Gasteiger partial charge in [-0.3, -0.25) is 9.69 Å². The van der Waals surface area contributed by atoms with Crippen molar-refractivity contribution in [3.63, 3.8) is 0 Å². The summed E-state index contributed by atoms with van der Waals surface area (Å²) in [6, 6.07) is 16.4. The third-order valence-corrected chi connectivity index (χ3v) is 6.38. The van der Waals surface area contributed by atoms with Gasteiger partial charge >= 0.3 is 6.18 Å². The third-order valence-electron chi connectivity index (χ3n) is 6.38. The molecule has 0 saturated carbocycles. The van der Waals surface area contributed by atoms with Gasteiger partial charge in [-0.2, -0.15) is 13.2 Å². The van der Waals surface area contributed by atoms with Crippen LogP contribution in [0.3, 0.4) is 0 Å². The molecule has 8 heteroatoms.